The minimum absolute atomic E-state index is 0.690. The number of hydrogen-bond donors (Lipinski definition) is 0. The summed E-state index contributed by atoms with van der Waals surface area (Å²) in [7, 11) is 4.38. The van der Waals surface area contributed by atoms with Crippen molar-refractivity contribution in [3.05, 3.63) is 0 Å². The molecular weight excluding hydrogens is 500 g/mol. The predicted octanol–water partition coefficient (Wildman–Crippen LogP) is 10.2. The van der Waals surface area contributed by atoms with E-state index in [2.05, 4.69) is 110 Å². The van der Waals surface area contributed by atoms with Gasteiger partial charge in [-0.25, -0.2) is 0 Å². The van der Waals surface area contributed by atoms with E-state index in [1.165, 1.54) is 129 Å². The summed E-state index contributed by atoms with van der Waals surface area (Å²) in [6.45, 7) is 33.7. The van der Waals surface area contributed by atoms with Gasteiger partial charge in [-0.15, -0.1) is 0 Å². The van der Waals surface area contributed by atoms with Gasteiger partial charge in [0.05, 0.1) is 0 Å². The third-order valence-electron chi connectivity index (χ3n) is 8.10. The van der Waals surface area contributed by atoms with Gasteiger partial charge in [-0.3, -0.25) is 4.90 Å². The van der Waals surface area contributed by atoms with Gasteiger partial charge in [0.2, 0.25) is 0 Å². The normalized spacial score (nSPS) is 13.8. The van der Waals surface area contributed by atoms with Crippen molar-refractivity contribution in [2.24, 2.45) is 0 Å². The van der Waals surface area contributed by atoms with Crippen molar-refractivity contribution in [1.29, 1.82) is 0 Å². The average Bonchev–Trinajstić information content (AvgIpc) is 2.94. The fourth-order valence-electron chi connectivity index (χ4n) is 5.69. The summed E-state index contributed by atoms with van der Waals surface area (Å²) in [4.78, 5) is 10.00. The Morgan fingerprint density at radius 1 is 0.488 bits per heavy atom. The largest absolute Gasteiger partial charge is 0.306 e. The molecule has 1 saturated carbocycles. The fourth-order valence-corrected chi connectivity index (χ4v) is 5.69. The highest BCUT2D eigenvalue weighted by Gasteiger charge is 2.14. The van der Waals surface area contributed by atoms with Crippen molar-refractivity contribution in [2.75, 3.05) is 59.9 Å². The Kier molecular flexibility index (Phi) is 37.9. The zero-order valence-electron chi connectivity index (χ0n) is 31.4. The van der Waals surface area contributed by atoms with E-state index in [0.29, 0.717) is 12.1 Å². The molecule has 0 spiro atoms. The molecule has 0 unspecified atom stereocenters. The third-order valence-corrected chi connectivity index (χ3v) is 8.10. The molecule has 0 aliphatic heterocycles. The highest BCUT2D eigenvalue weighted by molar-refractivity contribution is 4.70. The Bertz CT molecular complexity index is 419. The van der Waals surface area contributed by atoms with E-state index in [4.69, 9.17) is 0 Å². The van der Waals surface area contributed by atoms with Crippen LogP contribution < -0.4 is 0 Å². The molecule has 0 aromatic heterocycles. The maximum Gasteiger partial charge on any atom is 0.00891 e. The topological polar surface area (TPSA) is 13.0 Å². The molecule has 1 fully saturated rings. The zero-order chi connectivity index (χ0) is 31.9. The van der Waals surface area contributed by atoms with Gasteiger partial charge >= 0.3 is 0 Å². The van der Waals surface area contributed by atoms with Gasteiger partial charge in [-0.1, -0.05) is 87.0 Å². The standard InChI is InChI=1S/C12H27N.C9H21N.C8H17N.C8H19N/c1-4-7-10-13(11-8-5-2)12-9-6-3;1-4-7-10(8-5-2)9-6-3;1-9(2)8-6-4-3-5-7-8;1-6-9(7(2)3)8(4)5/h4-12H2,1-3H3;4-9H2,1-3H3;8H,3-7H2,1-2H3;7-8H,6H2,1-5H3. The molecule has 0 bridgehead atoms. The average molecular weight is 585 g/mol. The van der Waals surface area contributed by atoms with Crippen LogP contribution in [0.4, 0.5) is 0 Å². The molecule has 41 heavy (non-hydrogen) atoms. The van der Waals surface area contributed by atoms with Gasteiger partial charge in [0.25, 0.3) is 0 Å². The highest BCUT2D eigenvalue weighted by atomic mass is 15.2. The molecule has 0 aromatic rings. The summed E-state index contributed by atoms with van der Waals surface area (Å²) in [6.07, 6.45) is 19.2. The molecule has 0 radical (unpaired) electrons. The summed E-state index contributed by atoms with van der Waals surface area (Å²) in [5.74, 6) is 0. The Morgan fingerprint density at radius 3 is 1.02 bits per heavy atom. The maximum absolute atomic E-state index is 2.64. The maximum atomic E-state index is 2.64. The van der Waals surface area contributed by atoms with Gasteiger partial charge in [-0.05, 0) is 139 Å². The van der Waals surface area contributed by atoms with Crippen LogP contribution in [0.1, 0.15) is 166 Å². The van der Waals surface area contributed by atoms with Gasteiger partial charge in [0, 0.05) is 18.1 Å². The molecule has 1 aliphatic rings. The van der Waals surface area contributed by atoms with Gasteiger partial charge in [0.15, 0.2) is 0 Å². The summed E-state index contributed by atoms with van der Waals surface area (Å²) in [5, 5.41) is 0. The smallest absolute Gasteiger partial charge is 0.00891 e. The van der Waals surface area contributed by atoms with E-state index < -0.39 is 0 Å². The second-order valence-electron chi connectivity index (χ2n) is 13.0. The molecule has 252 valence electrons. The van der Waals surface area contributed by atoms with E-state index in [-0.39, 0.29) is 0 Å². The SMILES string of the molecule is CCCCN(CCCC)CCCC.CCCN(CCC)CCC.CCN(C(C)C)C(C)C.CN(C)C1CCCCC1. The molecule has 0 heterocycles. The second-order valence-corrected chi connectivity index (χ2v) is 13.0. The lowest BCUT2D eigenvalue weighted by Gasteiger charge is -2.28. The summed E-state index contributed by atoms with van der Waals surface area (Å²) in [5.41, 5.74) is 0. The summed E-state index contributed by atoms with van der Waals surface area (Å²) >= 11 is 0. The van der Waals surface area contributed by atoms with Crippen LogP contribution in [-0.4, -0.2) is 97.6 Å². The minimum Gasteiger partial charge on any atom is -0.306 e. The van der Waals surface area contributed by atoms with Crippen molar-refractivity contribution < 1.29 is 0 Å². The molecule has 0 aromatic carbocycles. The first-order valence-corrected chi connectivity index (χ1v) is 18.5. The van der Waals surface area contributed by atoms with Crippen molar-refractivity contribution in [2.45, 2.75) is 184 Å². The monoisotopic (exact) mass is 585 g/mol. The minimum atomic E-state index is 0.690. The fraction of sp³-hybridized carbons (Fsp3) is 1.00. The molecular formula is C37H84N4. The van der Waals surface area contributed by atoms with Crippen LogP contribution in [0.2, 0.25) is 0 Å². The van der Waals surface area contributed by atoms with Gasteiger partial charge in [-0.2, -0.15) is 0 Å². The van der Waals surface area contributed by atoms with Gasteiger partial charge in [0.1, 0.15) is 0 Å². The van der Waals surface area contributed by atoms with Crippen molar-refractivity contribution in [3.8, 4) is 0 Å². The lowest BCUT2D eigenvalue weighted by atomic mass is 9.95. The van der Waals surface area contributed by atoms with Crippen LogP contribution in [-0.2, 0) is 0 Å². The van der Waals surface area contributed by atoms with E-state index in [1.54, 1.807) is 0 Å². The first-order chi connectivity index (χ1) is 19.6. The van der Waals surface area contributed by atoms with Crippen LogP contribution >= 0.6 is 0 Å². The molecule has 1 aliphatic carbocycles. The Morgan fingerprint density at radius 2 is 0.829 bits per heavy atom. The Balaban J connectivity index is -0.000000475. The van der Waals surface area contributed by atoms with Crippen molar-refractivity contribution in [3.63, 3.8) is 0 Å². The molecule has 4 heteroatoms. The molecule has 4 nitrogen and oxygen atoms in total. The number of rotatable bonds is 19. The number of nitrogens with zero attached hydrogens (tertiary/aromatic N) is 4. The number of hydrogen-bond acceptors (Lipinski definition) is 4. The van der Waals surface area contributed by atoms with Crippen LogP contribution in [0.3, 0.4) is 0 Å². The quantitative estimate of drug-likeness (QED) is 0.150. The summed E-state index contributed by atoms with van der Waals surface area (Å²) in [6, 6.07) is 2.27. The van der Waals surface area contributed by atoms with E-state index in [0.717, 1.165) is 12.6 Å². The van der Waals surface area contributed by atoms with Gasteiger partial charge < -0.3 is 14.7 Å². The summed E-state index contributed by atoms with van der Waals surface area (Å²) < 4.78 is 0. The Hall–Kier alpha value is -0.160. The molecule has 0 amide bonds. The Labute approximate surface area is 263 Å². The molecule has 0 N–H and O–H groups in total. The first-order valence-electron chi connectivity index (χ1n) is 18.5. The predicted molar refractivity (Wildman–Crippen MR) is 192 cm³/mol. The van der Waals surface area contributed by atoms with E-state index >= 15 is 0 Å². The van der Waals surface area contributed by atoms with E-state index in [9.17, 15) is 0 Å². The molecule has 0 atom stereocenters. The van der Waals surface area contributed by atoms with Crippen LogP contribution in [0.25, 0.3) is 0 Å². The first kappa shape index (κ1) is 45.3. The van der Waals surface area contributed by atoms with Crippen molar-refractivity contribution >= 4 is 0 Å². The van der Waals surface area contributed by atoms with Crippen LogP contribution in [0.15, 0.2) is 0 Å². The van der Waals surface area contributed by atoms with Crippen LogP contribution in [0, 0.1) is 0 Å². The third kappa shape index (κ3) is 31.1. The van der Waals surface area contributed by atoms with Crippen LogP contribution in [0.5, 0.6) is 0 Å². The molecule has 0 saturated heterocycles. The van der Waals surface area contributed by atoms with Crippen molar-refractivity contribution in [1.82, 2.24) is 19.6 Å². The highest BCUT2D eigenvalue weighted by Crippen LogP contribution is 2.20. The zero-order valence-corrected chi connectivity index (χ0v) is 31.4. The lowest BCUT2D eigenvalue weighted by Crippen LogP contribution is -2.36. The molecule has 1 rings (SSSR count). The number of unbranched alkanes of at least 4 members (excludes halogenated alkanes) is 3. The lowest BCUT2D eigenvalue weighted by molar-refractivity contribution is 0.185. The second kappa shape index (κ2) is 34.3. The van der Waals surface area contributed by atoms with E-state index in [1.807, 2.05) is 0 Å².